The zero-order valence-electron chi connectivity index (χ0n) is 47.6. The Morgan fingerprint density at radius 2 is 0.432 bits per heavy atom. The molecular weight excluding hydrogens is 1070 g/mol. The number of benzene rings is 12. The van der Waals surface area contributed by atoms with Crippen molar-refractivity contribution in [1.82, 2.24) is 28.7 Å². The van der Waals surface area contributed by atoms with Crippen LogP contribution in [0, 0.1) is 35.5 Å². The van der Waals surface area contributed by atoms with Crippen LogP contribution in [0.15, 0.2) is 309 Å². The van der Waals surface area contributed by atoms with E-state index in [1.54, 1.807) is 0 Å². The molecule has 0 unspecified atom stereocenters. The van der Waals surface area contributed by atoms with Gasteiger partial charge in [-0.05, 0) is 182 Å². The summed E-state index contributed by atoms with van der Waals surface area (Å²) < 4.78 is 6.64. The van der Waals surface area contributed by atoms with E-state index < -0.39 is 0 Å². The number of para-hydroxylation sites is 9. The highest BCUT2D eigenvalue weighted by molar-refractivity contribution is 5.86. The van der Waals surface area contributed by atoms with Gasteiger partial charge in [0.1, 0.15) is 17.5 Å². The first-order valence-corrected chi connectivity index (χ1v) is 29.2. The normalized spacial score (nSPS) is 10.9. The van der Waals surface area contributed by atoms with Crippen LogP contribution >= 0.6 is 0 Å². The Hall–Kier alpha value is -12.5. The summed E-state index contributed by atoms with van der Waals surface area (Å²) in [7, 11) is 0. The van der Waals surface area contributed by atoms with Gasteiger partial charge in [-0.2, -0.15) is 0 Å². The fourth-order valence-corrected chi connectivity index (χ4v) is 11.2. The molecule has 410 valence electrons. The Morgan fingerprint density at radius 1 is 0.216 bits per heavy atom. The van der Waals surface area contributed by atoms with E-state index in [0.29, 0.717) is 0 Å². The molecule has 0 radical (unpaired) electrons. The van der Waals surface area contributed by atoms with Crippen LogP contribution in [0.2, 0.25) is 0 Å². The summed E-state index contributed by atoms with van der Waals surface area (Å²) in [4.78, 5) is 17.4. The number of fused-ring (bicyclic) bond motifs is 3. The fraction of sp³-hybridized carbons (Fsp3) is 0. The number of aromatic nitrogens is 6. The highest BCUT2D eigenvalue weighted by Crippen LogP contribution is 2.36. The van der Waals surface area contributed by atoms with Crippen LogP contribution in [0.4, 0.5) is 17.1 Å². The molecule has 0 bridgehead atoms. The minimum atomic E-state index is 0.887. The monoisotopic (exact) mass is 1120 g/mol. The van der Waals surface area contributed by atoms with E-state index >= 15 is 0 Å². The Morgan fingerprint density at radius 3 is 0.682 bits per heavy atom. The maximum absolute atomic E-state index is 5.05. The average Bonchev–Trinajstić information content (AvgIpc) is 2.07. The molecule has 88 heavy (non-hydrogen) atoms. The molecule has 0 saturated heterocycles. The zero-order valence-corrected chi connectivity index (χ0v) is 47.6. The topological polar surface area (TPSA) is 56.7 Å². The molecule has 3 heterocycles. The molecule has 0 atom stereocenters. The van der Waals surface area contributed by atoms with Crippen LogP contribution < -0.4 is 4.90 Å². The summed E-state index contributed by atoms with van der Waals surface area (Å²) in [5.41, 5.74) is 20.7. The van der Waals surface area contributed by atoms with E-state index in [0.717, 1.165) is 135 Å². The molecular formula is C81H51N7. The first-order valence-electron chi connectivity index (χ1n) is 29.2. The van der Waals surface area contributed by atoms with Crippen LogP contribution in [0.1, 0.15) is 33.4 Å². The summed E-state index contributed by atoms with van der Waals surface area (Å²) in [5, 5.41) is 0. The van der Waals surface area contributed by atoms with E-state index in [1.807, 2.05) is 36.4 Å². The summed E-state index contributed by atoms with van der Waals surface area (Å²) in [6.07, 6.45) is 0. The van der Waals surface area contributed by atoms with Crippen molar-refractivity contribution in [3.8, 4) is 86.7 Å². The first kappa shape index (κ1) is 52.3. The van der Waals surface area contributed by atoms with Gasteiger partial charge >= 0.3 is 0 Å². The van der Waals surface area contributed by atoms with Crippen LogP contribution in [-0.2, 0) is 0 Å². The molecule has 7 nitrogen and oxygen atoms in total. The van der Waals surface area contributed by atoms with Crippen LogP contribution in [-0.4, -0.2) is 28.7 Å². The summed E-state index contributed by atoms with van der Waals surface area (Å²) in [6, 6.07) is 106. The molecule has 3 aromatic heterocycles. The van der Waals surface area contributed by atoms with Gasteiger partial charge in [-0.1, -0.05) is 163 Å². The fourth-order valence-electron chi connectivity index (χ4n) is 11.2. The molecule has 0 amide bonds. The standard InChI is InChI=1S/C81H51N7/c1-4-16-67(17-5-1)86-76-25-13-10-22-73(76)82-79(86)64-46-34-58(35-47-64)28-31-61-40-52-70(53-41-61)85(71-54-42-62(43-55-71)32-29-59-36-48-65(49-37-59)80-83-74-23-11-14-26-77(74)87(80)68-18-6-2-7-19-68)72-56-44-63(45-57-72)33-30-60-38-50-66(51-39-60)81-84-75-24-12-15-27-78(75)88(81)69-20-8-3-9-21-69/h1-27,34-57H. The molecule has 12 aromatic carbocycles. The lowest BCUT2D eigenvalue weighted by molar-refractivity contribution is 1.10. The smallest absolute Gasteiger partial charge is 0.145 e. The van der Waals surface area contributed by atoms with Gasteiger partial charge < -0.3 is 4.90 Å². The second-order valence-electron chi connectivity index (χ2n) is 21.2. The number of nitrogens with zero attached hydrogens (tertiary/aromatic N) is 7. The molecule has 15 aromatic rings. The average molecular weight is 1120 g/mol. The maximum Gasteiger partial charge on any atom is 0.145 e. The molecule has 0 saturated carbocycles. The Labute approximate surface area is 510 Å². The first-order chi connectivity index (χ1) is 43.6. The van der Waals surface area contributed by atoms with Crippen LogP contribution in [0.3, 0.4) is 0 Å². The highest BCUT2D eigenvalue weighted by atomic mass is 15.1. The van der Waals surface area contributed by atoms with Gasteiger partial charge in [0, 0.05) is 84.2 Å². The third-order valence-electron chi connectivity index (χ3n) is 15.6. The number of anilines is 3. The van der Waals surface area contributed by atoms with Crippen molar-refractivity contribution in [2.45, 2.75) is 0 Å². The van der Waals surface area contributed by atoms with Crippen molar-refractivity contribution in [2.75, 3.05) is 4.90 Å². The summed E-state index contributed by atoms with van der Waals surface area (Å²) in [5.74, 6) is 23.1. The van der Waals surface area contributed by atoms with Crippen molar-refractivity contribution in [2.24, 2.45) is 0 Å². The molecule has 15 rings (SSSR count). The van der Waals surface area contributed by atoms with Gasteiger partial charge in [0.2, 0.25) is 0 Å². The maximum atomic E-state index is 5.05. The third kappa shape index (κ3) is 10.5. The molecule has 0 spiro atoms. The Bertz CT molecular complexity index is 4680. The third-order valence-corrected chi connectivity index (χ3v) is 15.6. The number of imidazole rings is 3. The summed E-state index contributed by atoms with van der Waals surface area (Å²) in [6.45, 7) is 0. The predicted molar refractivity (Wildman–Crippen MR) is 359 cm³/mol. The second-order valence-corrected chi connectivity index (χ2v) is 21.2. The number of hydrogen-bond donors (Lipinski definition) is 0. The van der Waals surface area contributed by atoms with Crippen molar-refractivity contribution < 1.29 is 0 Å². The van der Waals surface area contributed by atoms with Gasteiger partial charge in [-0.25, -0.2) is 15.0 Å². The number of rotatable bonds is 9. The molecule has 0 aliphatic carbocycles. The molecule has 0 aliphatic heterocycles. The molecule has 0 N–H and O–H groups in total. The van der Waals surface area contributed by atoms with E-state index in [9.17, 15) is 0 Å². The van der Waals surface area contributed by atoms with Crippen molar-refractivity contribution in [3.05, 3.63) is 343 Å². The lowest BCUT2D eigenvalue weighted by Gasteiger charge is -2.25. The van der Waals surface area contributed by atoms with Gasteiger partial charge in [0.05, 0.1) is 33.1 Å². The largest absolute Gasteiger partial charge is 0.311 e. The highest BCUT2D eigenvalue weighted by Gasteiger charge is 2.18. The van der Waals surface area contributed by atoms with Crippen molar-refractivity contribution in [3.63, 3.8) is 0 Å². The lowest BCUT2D eigenvalue weighted by atomic mass is 10.1. The van der Waals surface area contributed by atoms with Crippen molar-refractivity contribution >= 4 is 50.2 Å². The van der Waals surface area contributed by atoms with Gasteiger partial charge in [-0.3, -0.25) is 13.7 Å². The van der Waals surface area contributed by atoms with E-state index in [-0.39, 0.29) is 0 Å². The van der Waals surface area contributed by atoms with E-state index in [4.69, 9.17) is 15.0 Å². The number of hydrogen-bond acceptors (Lipinski definition) is 4. The van der Waals surface area contributed by atoms with Gasteiger partial charge in [0.25, 0.3) is 0 Å². The van der Waals surface area contributed by atoms with Gasteiger partial charge in [0.15, 0.2) is 0 Å². The second kappa shape index (κ2) is 23.3. The lowest BCUT2D eigenvalue weighted by Crippen LogP contribution is -2.09. The van der Waals surface area contributed by atoms with Crippen LogP contribution in [0.25, 0.3) is 84.3 Å². The molecule has 0 fully saturated rings. The Kier molecular flexibility index (Phi) is 13.9. The SMILES string of the molecule is C(#Cc1ccc(N(c2ccc(C#Cc3ccc(-c4nc5ccccc5n4-c4ccccc4)cc3)cc2)c2ccc(C#Cc3ccc(-c4nc5ccccc5n4-c4ccccc4)cc3)cc2)cc1)c1ccc(-c2nc3ccccc3n2-c2ccccc2)cc1. The minimum Gasteiger partial charge on any atom is -0.311 e. The molecule has 0 aliphatic rings. The zero-order chi connectivity index (χ0) is 58.6. The van der Waals surface area contributed by atoms with E-state index in [1.165, 1.54) is 0 Å². The van der Waals surface area contributed by atoms with Gasteiger partial charge in [-0.15, -0.1) is 0 Å². The predicted octanol–water partition coefficient (Wildman–Crippen LogP) is 18.4. The Balaban J connectivity index is 0.698. The van der Waals surface area contributed by atoms with Crippen molar-refractivity contribution in [1.29, 1.82) is 0 Å². The molecule has 7 heteroatoms. The minimum absolute atomic E-state index is 0.887. The van der Waals surface area contributed by atoms with Crippen LogP contribution in [0.5, 0.6) is 0 Å². The summed E-state index contributed by atoms with van der Waals surface area (Å²) >= 11 is 0. The quantitative estimate of drug-likeness (QED) is 0.135. The van der Waals surface area contributed by atoms with E-state index in [2.05, 4.69) is 327 Å².